The molecule has 7 heavy (non-hydrogen) atoms. The molecule has 2 radical (unpaired) electrons. The van der Waals surface area contributed by atoms with Crippen LogP contribution in [0.2, 0.25) is 0 Å². The van der Waals surface area contributed by atoms with Gasteiger partial charge in [0, 0.05) is 9.64 Å². The monoisotopic (exact) mass is 202 g/mol. The lowest BCUT2D eigenvalue weighted by Gasteiger charge is -1.78. The van der Waals surface area contributed by atoms with Gasteiger partial charge in [0.05, 0.1) is 0 Å². The first-order valence-corrected chi connectivity index (χ1v) is 3.01. The quantitative estimate of drug-likeness (QED) is 0.563. The Morgan fingerprint density at radius 3 is 2.71 bits per heavy atom. The summed E-state index contributed by atoms with van der Waals surface area (Å²) in [4.78, 5) is 0. The second kappa shape index (κ2) is 2.31. The number of rotatable bonds is 0. The Labute approximate surface area is 56.7 Å². The summed E-state index contributed by atoms with van der Waals surface area (Å²) in [5.41, 5.74) is 0. The van der Waals surface area contributed by atoms with E-state index in [1.54, 1.807) is 0 Å². The summed E-state index contributed by atoms with van der Waals surface area (Å²) < 4.78 is 1.11. The summed E-state index contributed by atoms with van der Waals surface area (Å²) in [5, 5.41) is 0. The average molecular weight is 202 g/mol. The molecular formula is C6H3I. The zero-order valence-corrected chi connectivity index (χ0v) is 5.77. The number of benzene rings is 1. The zero-order valence-electron chi connectivity index (χ0n) is 3.61. The van der Waals surface area contributed by atoms with E-state index in [1.807, 2.05) is 18.2 Å². The molecule has 0 aliphatic heterocycles. The second-order valence-electron chi connectivity index (χ2n) is 1.14. The fourth-order valence-electron chi connectivity index (χ4n) is 0.333. The fourth-order valence-corrected chi connectivity index (χ4v) is 0.696. The molecule has 0 nitrogen and oxygen atoms in total. The maximum absolute atomic E-state index is 2.89. The lowest BCUT2D eigenvalue weighted by atomic mass is 10.4. The van der Waals surface area contributed by atoms with E-state index in [-0.39, 0.29) is 0 Å². The van der Waals surface area contributed by atoms with Crippen LogP contribution in [0.1, 0.15) is 0 Å². The van der Waals surface area contributed by atoms with Gasteiger partial charge < -0.3 is 0 Å². The molecule has 0 heterocycles. The Balaban J connectivity index is 3.02. The summed E-state index contributed by atoms with van der Waals surface area (Å²) in [6.07, 6.45) is 0. The minimum atomic E-state index is 1.11. The normalized spacial score (nSPS) is 8.71. The van der Waals surface area contributed by atoms with Gasteiger partial charge in [-0.2, -0.15) is 0 Å². The van der Waals surface area contributed by atoms with Gasteiger partial charge in [-0.1, -0.05) is 12.1 Å². The van der Waals surface area contributed by atoms with Crippen LogP contribution in [0.3, 0.4) is 0 Å². The highest BCUT2D eigenvalue weighted by atomic mass is 127. The lowest BCUT2D eigenvalue weighted by molar-refractivity contribution is 1.62. The van der Waals surface area contributed by atoms with E-state index in [9.17, 15) is 0 Å². The Bertz CT molecular complexity index is 134. The molecule has 0 aliphatic carbocycles. The molecule has 1 heteroatoms. The van der Waals surface area contributed by atoms with Crippen LogP contribution in [0, 0.1) is 15.7 Å². The minimum absolute atomic E-state index is 1.11. The summed E-state index contributed by atoms with van der Waals surface area (Å²) in [6.45, 7) is 0. The highest BCUT2D eigenvalue weighted by Gasteiger charge is 1.76. The molecule has 0 amide bonds. The Kier molecular flexibility index (Phi) is 1.68. The van der Waals surface area contributed by atoms with E-state index in [2.05, 4.69) is 34.7 Å². The number of hydrogen-bond donors (Lipinski definition) is 0. The van der Waals surface area contributed by atoms with Crippen molar-refractivity contribution in [3.8, 4) is 0 Å². The van der Waals surface area contributed by atoms with E-state index >= 15 is 0 Å². The van der Waals surface area contributed by atoms with Crippen LogP contribution in [-0.2, 0) is 0 Å². The highest BCUT2D eigenvalue weighted by Crippen LogP contribution is 1.98. The van der Waals surface area contributed by atoms with Crippen molar-refractivity contribution in [3.63, 3.8) is 0 Å². The molecule has 1 aromatic carbocycles. The highest BCUT2D eigenvalue weighted by molar-refractivity contribution is 14.1. The molecule has 0 atom stereocenters. The van der Waals surface area contributed by atoms with Crippen molar-refractivity contribution >= 4 is 22.6 Å². The van der Waals surface area contributed by atoms with E-state index in [0.717, 1.165) is 3.57 Å². The van der Waals surface area contributed by atoms with Crippen molar-refractivity contribution in [2.45, 2.75) is 0 Å². The van der Waals surface area contributed by atoms with Gasteiger partial charge in [-0.15, -0.1) is 0 Å². The first kappa shape index (κ1) is 5.09. The topological polar surface area (TPSA) is 0 Å². The van der Waals surface area contributed by atoms with Crippen LogP contribution >= 0.6 is 22.6 Å². The summed E-state index contributed by atoms with van der Waals surface area (Å²) in [6, 6.07) is 11.5. The van der Waals surface area contributed by atoms with Crippen LogP contribution in [-0.4, -0.2) is 0 Å². The largest absolute Gasteiger partial charge is 0.0606 e. The van der Waals surface area contributed by atoms with Crippen LogP contribution < -0.4 is 0 Å². The molecule has 34 valence electrons. The van der Waals surface area contributed by atoms with Crippen molar-refractivity contribution in [3.05, 3.63) is 33.9 Å². The van der Waals surface area contributed by atoms with E-state index in [0.29, 0.717) is 0 Å². The third-order valence-electron chi connectivity index (χ3n) is 0.614. The molecular weight excluding hydrogens is 199 g/mol. The molecule has 0 aromatic heterocycles. The van der Waals surface area contributed by atoms with Gasteiger partial charge in [0.1, 0.15) is 0 Å². The van der Waals surface area contributed by atoms with E-state index in [1.165, 1.54) is 0 Å². The van der Waals surface area contributed by atoms with Crippen molar-refractivity contribution in [2.75, 3.05) is 0 Å². The molecule has 0 spiro atoms. The summed E-state index contributed by atoms with van der Waals surface area (Å²) >= 11 is 2.19. The van der Waals surface area contributed by atoms with Gasteiger partial charge in [0.15, 0.2) is 0 Å². The molecule has 0 N–H and O–H groups in total. The predicted molar refractivity (Wildman–Crippen MR) is 36.8 cm³/mol. The molecule has 0 saturated carbocycles. The third-order valence-corrected chi connectivity index (χ3v) is 1.24. The first-order chi connectivity index (χ1) is 3.39. The minimum Gasteiger partial charge on any atom is -0.0606 e. The Morgan fingerprint density at radius 2 is 2.43 bits per heavy atom. The average Bonchev–Trinajstić information content (AvgIpc) is 1.69. The molecule has 0 fully saturated rings. The van der Waals surface area contributed by atoms with Gasteiger partial charge in [0.2, 0.25) is 0 Å². The third kappa shape index (κ3) is 1.47. The molecule has 0 unspecified atom stereocenters. The summed E-state index contributed by atoms with van der Waals surface area (Å²) in [5.74, 6) is 0. The molecule has 0 bridgehead atoms. The van der Waals surface area contributed by atoms with Gasteiger partial charge >= 0.3 is 0 Å². The number of hydrogen-bond acceptors (Lipinski definition) is 0. The van der Waals surface area contributed by atoms with Crippen LogP contribution in [0.25, 0.3) is 0 Å². The number of halogens is 1. The van der Waals surface area contributed by atoms with Crippen molar-refractivity contribution in [1.29, 1.82) is 0 Å². The van der Waals surface area contributed by atoms with Crippen LogP contribution in [0.15, 0.2) is 18.2 Å². The van der Waals surface area contributed by atoms with Crippen LogP contribution in [0.5, 0.6) is 0 Å². The molecule has 1 rings (SSSR count). The Hall–Kier alpha value is -0.0500. The fraction of sp³-hybridized carbons (Fsp3) is 0. The molecule has 0 aliphatic rings. The van der Waals surface area contributed by atoms with Gasteiger partial charge in [-0.3, -0.25) is 0 Å². The first-order valence-electron chi connectivity index (χ1n) is 1.93. The maximum Gasteiger partial charge on any atom is 0.0215 e. The van der Waals surface area contributed by atoms with E-state index in [4.69, 9.17) is 0 Å². The molecule has 0 saturated heterocycles. The smallest absolute Gasteiger partial charge is 0.0215 e. The van der Waals surface area contributed by atoms with Crippen molar-refractivity contribution < 1.29 is 0 Å². The lowest BCUT2D eigenvalue weighted by Crippen LogP contribution is -1.63. The van der Waals surface area contributed by atoms with Crippen molar-refractivity contribution in [2.24, 2.45) is 0 Å². The van der Waals surface area contributed by atoms with Gasteiger partial charge in [-0.25, -0.2) is 0 Å². The molecule has 1 aromatic rings. The maximum atomic E-state index is 2.89. The second-order valence-corrected chi connectivity index (χ2v) is 2.31. The van der Waals surface area contributed by atoms with Crippen molar-refractivity contribution in [1.82, 2.24) is 0 Å². The van der Waals surface area contributed by atoms with E-state index < -0.39 is 0 Å². The standard InChI is InChI=1S/C6H3I/c7-6-4-2-1-3-5-6/h1-2,4H. The zero-order chi connectivity index (χ0) is 5.11. The van der Waals surface area contributed by atoms with Gasteiger partial charge in [0.25, 0.3) is 0 Å². The predicted octanol–water partition coefficient (Wildman–Crippen LogP) is 1.89. The van der Waals surface area contributed by atoms with Gasteiger partial charge in [-0.05, 0) is 34.7 Å². The van der Waals surface area contributed by atoms with Crippen LogP contribution in [0.4, 0.5) is 0 Å². The summed E-state index contributed by atoms with van der Waals surface area (Å²) in [7, 11) is 0. The Morgan fingerprint density at radius 1 is 1.57 bits per heavy atom. The SMILES string of the molecule is Ic1[c][c]ccc1.